The highest BCUT2D eigenvalue weighted by Crippen LogP contribution is 2.50. The van der Waals surface area contributed by atoms with Crippen molar-refractivity contribution in [3.63, 3.8) is 0 Å². The fraction of sp³-hybridized carbons (Fsp3) is 1.00. The van der Waals surface area contributed by atoms with Gasteiger partial charge in [0.15, 0.2) is 0 Å². The van der Waals surface area contributed by atoms with Crippen molar-refractivity contribution in [1.82, 2.24) is 0 Å². The zero-order valence-corrected chi connectivity index (χ0v) is 8.56. The van der Waals surface area contributed by atoms with Gasteiger partial charge in [-0.25, -0.2) is 0 Å². The Hall–Kier alpha value is 0.440. The lowest BCUT2D eigenvalue weighted by molar-refractivity contribution is 0.0381. The van der Waals surface area contributed by atoms with Crippen molar-refractivity contribution in [2.45, 2.75) is 44.8 Å². The Labute approximate surface area is 76.6 Å². The highest BCUT2D eigenvalue weighted by molar-refractivity contribution is 9.09. The van der Waals surface area contributed by atoms with E-state index >= 15 is 0 Å². The quantitative estimate of drug-likeness (QED) is 0.616. The number of ether oxygens (including phenoxy) is 1. The minimum Gasteiger partial charge on any atom is -0.375 e. The molecule has 2 aliphatic rings. The molecule has 0 N–H and O–H groups in total. The molecule has 1 saturated carbocycles. The molecule has 2 heteroatoms. The summed E-state index contributed by atoms with van der Waals surface area (Å²) in [5.74, 6) is 0. The molecule has 11 heavy (non-hydrogen) atoms. The number of fused-ring (bicyclic) bond motifs is 1. The van der Waals surface area contributed by atoms with E-state index in [1.807, 2.05) is 0 Å². The Balaban J connectivity index is 2.15. The molecule has 1 heterocycles. The molecule has 1 nitrogen and oxygen atoms in total. The van der Waals surface area contributed by atoms with E-state index in [9.17, 15) is 0 Å². The first-order valence-corrected chi connectivity index (χ1v) is 5.60. The predicted octanol–water partition coefficient (Wildman–Crippen LogP) is 2.73. The molecule has 2 rings (SSSR count). The van der Waals surface area contributed by atoms with Gasteiger partial charge in [0.25, 0.3) is 0 Å². The molecular formula is C9H15BrO. The summed E-state index contributed by atoms with van der Waals surface area (Å²) in [7, 11) is 0. The molecule has 0 aromatic heterocycles. The lowest BCUT2D eigenvalue weighted by Crippen LogP contribution is -2.26. The fourth-order valence-electron chi connectivity index (χ4n) is 2.66. The van der Waals surface area contributed by atoms with Crippen LogP contribution in [0.25, 0.3) is 0 Å². The molecule has 0 aromatic rings. The van der Waals surface area contributed by atoms with Crippen molar-refractivity contribution >= 4 is 15.9 Å². The van der Waals surface area contributed by atoms with Crippen LogP contribution in [0.5, 0.6) is 0 Å². The second-order valence-electron chi connectivity index (χ2n) is 4.03. The Morgan fingerprint density at radius 2 is 2.45 bits per heavy atom. The van der Waals surface area contributed by atoms with E-state index in [1.54, 1.807) is 0 Å². The van der Waals surface area contributed by atoms with Gasteiger partial charge in [0.05, 0.1) is 12.2 Å². The predicted molar refractivity (Wildman–Crippen MR) is 49.0 cm³/mol. The molecule has 2 fully saturated rings. The first kappa shape index (κ1) is 8.06. The summed E-state index contributed by atoms with van der Waals surface area (Å²) in [6.45, 7) is 2.20. The second kappa shape index (κ2) is 2.74. The maximum atomic E-state index is 5.85. The summed E-state index contributed by atoms with van der Waals surface area (Å²) < 4.78 is 5.85. The monoisotopic (exact) mass is 218 g/mol. The van der Waals surface area contributed by atoms with Gasteiger partial charge in [-0.1, -0.05) is 22.4 Å². The minimum absolute atomic E-state index is 0.498. The summed E-state index contributed by atoms with van der Waals surface area (Å²) in [6.07, 6.45) is 6.35. The van der Waals surface area contributed by atoms with E-state index in [0.717, 1.165) is 5.33 Å². The third kappa shape index (κ3) is 1.15. The smallest absolute Gasteiger partial charge is 0.0643 e. The summed E-state index contributed by atoms with van der Waals surface area (Å²) in [5, 5.41) is 1.13. The van der Waals surface area contributed by atoms with Crippen molar-refractivity contribution < 1.29 is 4.74 Å². The zero-order valence-electron chi connectivity index (χ0n) is 6.98. The first-order chi connectivity index (χ1) is 5.27. The molecule has 0 amide bonds. The van der Waals surface area contributed by atoms with E-state index < -0.39 is 0 Å². The van der Waals surface area contributed by atoms with Gasteiger partial charge in [-0.15, -0.1) is 0 Å². The Morgan fingerprint density at radius 1 is 1.64 bits per heavy atom. The van der Waals surface area contributed by atoms with Crippen molar-refractivity contribution in [2.24, 2.45) is 5.41 Å². The van der Waals surface area contributed by atoms with Crippen LogP contribution >= 0.6 is 15.9 Å². The summed E-state index contributed by atoms with van der Waals surface area (Å²) >= 11 is 3.62. The van der Waals surface area contributed by atoms with Crippen LogP contribution < -0.4 is 0 Å². The normalized spacial score (nSPS) is 49.6. The maximum absolute atomic E-state index is 5.85. The van der Waals surface area contributed by atoms with E-state index in [1.165, 1.54) is 25.7 Å². The largest absolute Gasteiger partial charge is 0.375 e. The lowest BCUT2D eigenvalue weighted by Gasteiger charge is -2.24. The number of hydrogen-bond acceptors (Lipinski definition) is 1. The molecule has 0 bridgehead atoms. The molecule has 64 valence electrons. The number of halogens is 1. The number of alkyl halides is 1. The Morgan fingerprint density at radius 3 is 3.09 bits per heavy atom. The van der Waals surface area contributed by atoms with Crippen LogP contribution in [0.2, 0.25) is 0 Å². The van der Waals surface area contributed by atoms with Gasteiger partial charge < -0.3 is 4.74 Å². The van der Waals surface area contributed by atoms with Gasteiger partial charge in [0.2, 0.25) is 0 Å². The molecule has 1 saturated heterocycles. The Bertz CT molecular complexity index is 160. The van der Waals surface area contributed by atoms with E-state index in [2.05, 4.69) is 22.9 Å². The van der Waals surface area contributed by atoms with Gasteiger partial charge in [-0.3, -0.25) is 0 Å². The number of hydrogen-bond donors (Lipinski definition) is 0. The third-order valence-corrected chi connectivity index (χ3v) is 4.30. The van der Waals surface area contributed by atoms with Crippen LogP contribution in [0, 0.1) is 5.41 Å². The SMILES string of the molecule is C[C@@H]1C[C@@]2(CBr)CCC[C@H]2O1. The summed E-state index contributed by atoms with van der Waals surface area (Å²) in [6, 6.07) is 0. The molecule has 0 spiro atoms. The topological polar surface area (TPSA) is 9.23 Å². The molecule has 1 aliphatic carbocycles. The molecule has 1 aliphatic heterocycles. The highest BCUT2D eigenvalue weighted by Gasteiger charge is 2.49. The van der Waals surface area contributed by atoms with Crippen LogP contribution in [0.1, 0.15) is 32.6 Å². The molecule has 0 aromatic carbocycles. The summed E-state index contributed by atoms with van der Waals surface area (Å²) in [5.41, 5.74) is 0.513. The lowest BCUT2D eigenvalue weighted by atomic mass is 9.84. The van der Waals surface area contributed by atoms with Crippen molar-refractivity contribution in [2.75, 3.05) is 5.33 Å². The van der Waals surface area contributed by atoms with Crippen molar-refractivity contribution in [3.05, 3.63) is 0 Å². The molecule has 3 atom stereocenters. The Kier molecular flexibility index (Phi) is 2.00. The molecular weight excluding hydrogens is 204 g/mol. The third-order valence-electron chi connectivity index (χ3n) is 3.18. The average molecular weight is 219 g/mol. The molecule has 0 unspecified atom stereocenters. The van der Waals surface area contributed by atoms with Crippen LogP contribution in [-0.2, 0) is 4.74 Å². The fourth-order valence-corrected chi connectivity index (χ4v) is 3.53. The maximum Gasteiger partial charge on any atom is 0.0643 e. The van der Waals surface area contributed by atoms with E-state index in [-0.39, 0.29) is 0 Å². The van der Waals surface area contributed by atoms with Crippen molar-refractivity contribution in [1.29, 1.82) is 0 Å². The van der Waals surface area contributed by atoms with Gasteiger partial charge >= 0.3 is 0 Å². The standard InChI is InChI=1S/C9H15BrO/c1-7-5-9(6-10)4-2-3-8(9)11-7/h7-8H,2-6H2,1H3/t7-,8-,9-/m1/s1. The second-order valence-corrected chi connectivity index (χ2v) is 4.59. The van der Waals surface area contributed by atoms with Crippen LogP contribution in [0.15, 0.2) is 0 Å². The van der Waals surface area contributed by atoms with E-state index in [4.69, 9.17) is 4.74 Å². The van der Waals surface area contributed by atoms with Crippen LogP contribution in [-0.4, -0.2) is 17.5 Å². The van der Waals surface area contributed by atoms with Gasteiger partial charge in [0.1, 0.15) is 0 Å². The van der Waals surface area contributed by atoms with Crippen LogP contribution in [0.3, 0.4) is 0 Å². The molecule has 0 radical (unpaired) electrons. The van der Waals surface area contributed by atoms with E-state index in [0.29, 0.717) is 17.6 Å². The zero-order chi connectivity index (χ0) is 7.90. The van der Waals surface area contributed by atoms with Gasteiger partial charge in [-0.05, 0) is 26.2 Å². The van der Waals surface area contributed by atoms with Gasteiger partial charge in [-0.2, -0.15) is 0 Å². The van der Waals surface area contributed by atoms with Crippen molar-refractivity contribution in [3.8, 4) is 0 Å². The first-order valence-electron chi connectivity index (χ1n) is 4.48. The highest BCUT2D eigenvalue weighted by atomic mass is 79.9. The van der Waals surface area contributed by atoms with Gasteiger partial charge in [0, 0.05) is 10.7 Å². The number of rotatable bonds is 1. The summed E-state index contributed by atoms with van der Waals surface area (Å²) in [4.78, 5) is 0. The van der Waals surface area contributed by atoms with Crippen LogP contribution in [0.4, 0.5) is 0 Å². The minimum atomic E-state index is 0.498. The average Bonchev–Trinajstić information content (AvgIpc) is 2.43.